The molecule has 2 heteroatoms. The molecule has 0 N–H and O–H groups in total. The highest BCUT2D eigenvalue weighted by molar-refractivity contribution is 5.61. The van der Waals surface area contributed by atoms with Crippen molar-refractivity contribution in [2.24, 2.45) is 0 Å². The first-order valence-corrected chi connectivity index (χ1v) is 4.27. The van der Waals surface area contributed by atoms with E-state index >= 15 is 0 Å². The van der Waals surface area contributed by atoms with Gasteiger partial charge in [0.2, 0.25) is 0 Å². The van der Waals surface area contributed by atoms with Crippen LogP contribution in [0, 0.1) is 0 Å². The molecule has 2 rings (SSSR count). The molecule has 1 aliphatic heterocycles. The van der Waals surface area contributed by atoms with Gasteiger partial charge in [0.25, 0.3) is 0 Å². The topological polar surface area (TPSA) is 12.5 Å². The van der Waals surface area contributed by atoms with Crippen LogP contribution in [-0.4, -0.2) is 12.8 Å². The van der Waals surface area contributed by atoms with Gasteiger partial charge >= 0.3 is 0 Å². The Balaban J connectivity index is 2.36. The van der Waals surface area contributed by atoms with Crippen molar-refractivity contribution in [1.82, 2.24) is 0 Å². The zero-order chi connectivity index (χ0) is 8.55. The molecule has 1 aromatic carbocycles. The number of hydrogen-bond acceptors (Lipinski definition) is 2. The lowest BCUT2D eigenvalue weighted by molar-refractivity contribution is 0.339. The van der Waals surface area contributed by atoms with Gasteiger partial charge in [-0.2, -0.15) is 0 Å². The predicted octanol–water partition coefficient (Wildman–Crippen LogP) is 2.25. The molecule has 2 nitrogen and oxygen atoms in total. The maximum Gasteiger partial charge on any atom is 0.161 e. The van der Waals surface area contributed by atoms with E-state index in [2.05, 4.69) is 24.8 Å². The van der Waals surface area contributed by atoms with E-state index < -0.39 is 0 Å². The quantitative estimate of drug-likeness (QED) is 0.629. The van der Waals surface area contributed by atoms with Crippen LogP contribution in [0.25, 0.3) is 0 Å². The van der Waals surface area contributed by atoms with Gasteiger partial charge in [0.15, 0.2) is 6.73 Å². The van der Waals surface area contributed by atoms with Gasteiger partial charge in [-0.25, -0.2) is 0 Å². The Hall–Kier alpha value is -1.18. The maximum atomic E-state index is 5.50. The lowest BCUT2D eigenvalue weighted by Crippen LogP contribution is -2.29. The molecule has 64 valence electrons. The summed E-state index contributed by atoms with van der Waals surface area (Å²) < 4.78 is 5.50. The largest absolute Gasteiger partial charge is 0.471 e. The van der Waals surface area contributed by atoms with E-state index in [9.17, 15) is 0 Å². The zero-order valence-corrected chi connectivity index (χ0v) is 7.45. The van der Waals surface area contributed by atoms with Crippen molar-refractivity contribution in [3.05, 3.63) is 24.3 Å². The SMILES string of the molecule is CC(C)N1COc2ccccc21. The summed E-state index contributed by atoms with van der Waals surface area (Å²) in [6.45, 7) is 5.04. The second-order valence-electron chi connectivity index (χ2n) is 3.30. The predicted molar refractivity (Wildman–Crippen MR) is 49.6 cm³/mol. The average molecular weight is 163 g/mol. The van der Waals surface area contributed by atoms with Crippen molar-refractivity contribution in [3.8, 4) is 5.75 Å². The summed E-state index contributed by atoms with van der Waals surface area (Å²) in [4.78, 5) is 2.25. The molecule has 0 unspecified atom stereocenters. The van der Waals surface area contributed by atoms with E-state index in [1.807, 2.05) is 18.2 Å². The molecule has 0 amide bonds. The molecule has 0 saturated heterocycles. The molecule has 0 saturated carbocycles. The summed E-state index contributed by atoms with van der Waals surface area (Å²) in [6.07, 6.45) is 0. The minimum absolute atomic E-state index is 0.508. The van der Waals surface area contributed by atoms with Gasteiger partial charge in [-0.05, 0) is 26.0 Å². The van der Waals surface area contributed by atoms with Crippen LogP contribution in [0.2, 0.25) is 0 Å². The summed E-state index contributed by atoms with van der Waals surface area (Å²) in [5.74, 6) is 1.01. The average Bonchev–Trinajstić information content (AvgIpc) is 2.47. The standard InChI is InChI=1S/C10H13NO/c1-8(2)11-7-12-10-6-4-3-5-9(10)11/h3-6,8H,7H2,1-2H3. The van der Waals surface area contributed by atoms with Crippen LogP contribution in [0.15, 0.2) is 24.3 Å². The van der Waals surface area contributed by atoms with Crippen molar-refractivity contribution >= 4 is 5.69 Å². The lowest BCUT2D eigenvalue weighted by Gasteiger charge is -2.20. The maximum absolute atomic E-state index is 5.50. The fourth-order valence-corrected chi connectivity index (χ4v) is 1.45. The van der Waals surface area contributed by atoms with Gasteiger partial charge < -0.3 is 9.64 Å². The smallest absolute Gasteiger partial charge is 0.161 e. The number of para-hydroxylation sites is 2. The van der Waals surface area contributed by atoms with Crippen LogP contribution in [0.4, 0.5) is 5.69 Å². The molecule has 0 atom stereocenters. The minimum Gasteiger partial charge on any atom is -0.471 e. The van der Waals surface area contributed by atoms with Gasteiger partial charge in [-0.15, -0.1) is 0 Å². The lowest BCUT2D eigenvalue weighted by atomic mass is 10.2. The molecule has 0 fully saturated rings. The Bertz CT molecular complexity index is 283. The van der Waals surface area contributed by atoms with Crippen LogP contribution in [0.5, 0.6) is 5.75 Å². The highest BCUT2D eigenvalue weighted by Crippen LogP contribution is 2.34. The number of fused-ring (bicyclic) bond motifs is 1. The summed E-state index contributed by atoms with van der Waals surface area (Å²) in [5.41, 5.74) is 1.22. The van der Waals surface area contributed by atoms with Crippen LogP contribution in [0.3, 0.4) is 0 Å². The zero-order valence-electron chi connectivity index (χ0n) is 7.45. The molecule has 0 spiro atoms. The third-order valence-electron chi connectivity index (χ3n) is 2.16. The first kappa shape index (κ1) is 7.47. The fourth-order valence-electron chi connectivity index (χ4n) is 1.45. The van der Waals surface area contributed by atoms with E-state index in [0.717, 1.165) is 5.75 Å². The monoisotopic (exact) mass is 163 g/mol. The molecular formula is C10H13NO. The molecule has 0 radical (unpaired) electrons. The van der Waals surface area contributed by atoms with Gasteiger partial charge in [0.1, 0.15) is 5.75 Å². The summed E-state index contributed by atoms with van der Waals surface area (Å²) in [7, 11) is 0. The molecule has 1 aromatic rings. The molecule has 0 aromatic heterocycles. The molecule has 0 bridgehead atoms. The first-order chi connectivity index (χ1) is 5.79. The van der Waals surface area contributed by atoms with Gasteiger partial charge in [0.05, 0.1) is 5.69 Å². The summed E-state index contributed by atoms with van der Waals surface area (Å²) in [5, 5.41) is 0. The van der Waals surface area contributed by atoms with Crippen molar-refractivity contribution in [1.29, 1.82) is 0 Å². The normalized spacial score (nSPS) is 14.8. The molecule has 12 heavy (non-hydrogen) atoms. The summed E-state index contributed by atoms with van der Waals surface area (Å²) in [6, 6.07) is 8.67. The van der Waals surface area contributed by atoms with E-state index in [1.54, 1.807) is 0 Å². The molecule has 0 aliphatic carbocycles. The van der Waals surface area contributed by atoms with Crippen molar-refractivity contribution < 1.29 is 4.74 Å². The highest BCUT2D eigenvalue weighted by Gasteiger charge is 2.21. The number of benzene rings is 1. The second kappa shape index (κ2) is 2.70. The molecular weight excluding hydrogens is 150 g/mol. The second-order valence-corrected chi connectivity index (χ2v) is 3.30. The Morgan fingerprint density at radius 1 is 1.33 bits per heavy atom. The van der Waals surface area contributed by atoms with E-state index in [1.165, 1.54) is 5.69 Å². The van der Waals surface area contributed by atoms with Crippen LogP contribution < -0.4 is 9.64 Å². The molecule has 1 heterocycles. The highest BCUT2D eigenvalue weighted by atomic mass is 16.5. The first-order valence-electron chi connectivity index (χ1n) is 4.27. The van der Waals surface area contributed by atoms with Crippen LogP contribution >= 0.6 is 0 Å². The number of hydrogen-bond donors (Lipinski definition) is 0. The third-order valence-corrected chi connectivity index (χ3v) is 2.16. The number of ether oxygens (including phenoxy) is 1. The minimum atomic E-state index is 0.508. The number of nitrogens with zero attached hydrogens (tertiary/aromatic N) is 1. The van der Waals surface area contributed by atoms with Crippen LogP contribution in [-0.2, 0) is 0 Å². The Kier molecular flexibility index (Phi) is 1.68. The van der Waals surface area contributed by atoms with Gasteiger partial charge in [0, 0.05) is 6.04 Å². The van der Waals surface area contributed by atoms with E-state index in [4.69, 9.17) is 4.74 Å². The van der Waals surface area contributed by atoms with E-state index in [0.29, 0.717) is 12.8 Å². The molecule has 1 aliphatic rings. The van der Waals surface area contributed by atoms with Gasteiger partial charge in [-0.3, -0.25) is 0 Å². The fraction of sp³-hybridized carbons (Fsp3) is 0.400. The van der Waals surface area contributed by atoms with E-state index in [-0.39, 0.29) is 0 Å². The Morgan fingerprint density at radius 3 is 2.83 bits per heavy atom. The Labute approximate surface area is 72.8 Å². The number of rotatable bonds is 1. The van der Waals surface area contributed by atoms with Crippen molar-refractivity contribution in [2.75, 3.05) is 11.6 Å². The van der Waals surface area contributed by atoms with Crippen molar-refractivity contribution in [3.63, 3.8) is 0 Å². The van der Waals surface area contributed by atoms with Crippen molar-refractivity contribution in [2.45, 2.75) is 19.9 Å². The van der Waals surface area contributed by atoms with Gasteiger partial charge in [-0.1, -0.05) is 12.1 Å². The summed E-state index contributed by atoms with van der Waals surface area (Å²) >= 11 is 0. The Morgan fingerprint density at radius 2 is 2.08 bits per heavy atom. The van der Waals surface area contributed by atoms with Crippen LogP contribution in [0.1, 0.15) is 13.8 Å². The third kappa shape index (κ3) is 1.04. The number of anilines is 1.